The third-order valence-corrected chi connectivity index (χ3v) is 5.36. The zero-order valence-electron chi connectivity index (χ0n) is 15.9. The smallest absolute Gasteiger partial charge is 0.255 e. The van der Waals surface area contributed by atoms with Gasteiger partial charge in [-0.25, -0.2) is 0 Å². The predicted octanol–water partition coefficient (Wildman–Crippen LogP) is 3.36. The number of fused-ring (bicyclic) bond motifs is 1. The molecule has 0 bridgehead atoms. The normalized spacial score (nSPS) is 16.1. The maximum Gasteiger partial charge on any atom is 0.255 e. The second kappa shape index (κ2) is 7.46. The van der Waals surface area contributed by atoms with Crippen LogP contribution in [-0.4, -0.2) is 30.8 Å². The molecule has 0 saturated carbocycles. The molecule has 3 amide bonds. The molecule has 2 heterocycles. The Kier molecular flexibility index (Phi) is 4.86. The van der Waals surface area contributed by atoms with Gasteiger partial charge in [-0.3, -0.25) is 14.4 Å². The number of carbonyl (C=O) groups excluding carboxylic acids is 3. The quantitative estimate of drug-likeness (QED) is 0.892. The molecule has 1 saturated heterocycles. The molecule has 1 fully saturated rings. The fourth-order valence-corrected chi connectivity index (χ4v) is 3.90. The zero-order valence-corrected chi connectivity index (χ0v) is 15.9. The third kappa shape index (κ3) is 3.50. The molecule has 6 nitrogen and oxygen atoms in total. The molecule has 144 valence electrons. The Morgan fingerprint density at radius 2 is 1.86 bits per heavy atom. The lowest BCUT2D eigenvalue weighted by atomic mass is 10.1. The molecule has 4 rings (SSSR count). The van der Waals surface area contributed by atoms with Crippen LogP contribution in [0.15, 0.2) is 42.5 Å². The Balaban J connectivity index is 1.51. The van der Waals surface area contributed by atoms with Crippen molar-refractivity contribution in [2.45, 2.75) is 32.6 Å². The first-order valence-corrected chi connectivity index (χ1v) is 9.66. The van der Waals surface area contributed by atoms with Crippen LogP contribution in [0.2, 0.25) is 0 Å². The molecule has 6 heteroatoms. The van der Waals surface area contributed by atoms with E-state index in [1.807, 2.05) is 36.4 Å². The lowest BCUT2D eigenvalue weighted by Gasteiger charge is -2.27. The maximum absolute atomic E-state index is 12.7. The number of nitrogens with zero attached hydrogens (tertiary/aromatic N) is 2. The summed E-state index contributed by atoms with van der Waals surface area (Å²) >= 11 is 0. The van der Waals surface area contributed by atoms with Crippen molar-refractivity contribution in [3.63, 3.8) is 0 Å². The highest BCUT2D eigenvalue weighted by Crippen LogP contribution is 2.29. The van der Waals surface area contributed by atoms with E-state index in [0.29, 0.717) is 30.8 Å². The zero-order chi connectivity index (χ0) is 19.7. The van der Waals surface area contributed by atoms with Gasteiger partial charge in [0.05, 0.1) is 0 Å². The highest BCUT2D eigenvalue weighted by molar-refractivity contribution is 6.06. The summed E-state index contributed by atoms with van der Waals surface area (Å²) < 4.78 is 0. The van der Waals surface area contributed by atoms with Crippen molar-refractivity contribution in [1.29, 1.82) is 0 Å². The molecule has 0 unspecified atom stereocenters. The van der Waals surface area contributed by atoms with Crippen LogP contribution in [0.3, 0.4) is 0 Å². The molecule has 28 heavy (non-hydrogen) atoms. The number of rotatable bonds is 3. The van der Waals surface area contributed by atoms with Crippen molar-refractivity contribution >= 4 is 34.8 Å². The Bertz CT molecular complexity index is 954. The Morgan fingerprint density at radius 1 is 1.00 bits per heavy atom. The number of anilines is 3. The lowest BCUT2D eigenvalue weighted by molar-refractivity contribution is -0.119. The van der Waals surface area contributed by atoms with Crippen LogP contribution in [0, 0.1) is 0 Å². The second-order valence-corrected chi connectivity index (χ2v) is 7.27. The third-order valence-electron chi connectivity index (χ3n) is 5.36. The first kappa shape index (κ1) is 18.2. The number of carbonyl (C=O) groups is 3. The molecular formula is C22H23N3O3. The molecule has 0 aromatic heterocycles. The van der Waals surface area contributed by atoms with Gasteiger partial charge in [-0.05, 0) is 61.2 Å². The molecule has 2 aliphatic rings. The molecular weight excluding hydrogens is 354 g/mol. The maximum atomic E-state index is 12.7. The highest BCUT2D eigenvalue weighted by atomic mass is 16.2. The van der Waals surface area contributed by atoms with Gasteiger partial charge in [0.1, 0.15) is 0 Å². The van der Waals surface area contributed by atoms with Gasteiger partial charge in [-0.2, -0.15) is 0 Å². The van der Waals surface area contributed by atoms with E-state index in [2.05, 4.69) is 5.32 Å². The average Bonchev–Trinajstić information content (AvgIpc) is 3.12. The van der Waals surface area contributed by atoms with Gasteiger partial charge in [-0.1, -0.05) is 6.07 Å². The molecule has 0 aliphatic carbocycles. The van der Waals surface area contributed by atoms with Crippen LogP contribution in [0.4, 0.5) is 17.1 Å². The first-order valence-electron chi connectivity index (χ1n) is 9.66. The summed E-state index contributed by atoms with van der Waals surface area (Å²) in [5.41, 5.74) is 3.93. The Morgan fingerprint density at radius 3 is 2.64 bits per heavy atom. The molecule has 1 N–H and O–H groups in total. The lowest BCUT2D eigenvalue weighted by Crippen LogP contribution is -2.35. The predicted molar refractivity (Wildman–Crippen MR) is 109 cm³/mol. The summed E-state index contributed by atoms with van der Waals surface area (Å²) in [5, 5.41) is 2.92. The topological polar surface area (TPSA) is 69.7 Å². The van der Waals surface area contributed by atoms with Gasteiger partial charge in [0.15, 0.2) is 0 Å². The molecule has 2 aliphatic heterocycles. The molecule has 0 spiro atoms. The van der Waals surface area contributed by atoms with Crippen LogP contribution in [0.25, 0.3) is 0 Å². The number of hydrogen-bond donors (Lipinski definition) is 1. The van der Waals surface area contributed by atoms with Crippen LogP contribution in [-0.2, 0) is 16.0 Å². The van der Waals surface area contributed by atoms with Crippen molar-refractivity contribution in [2.75, 3.05) is 28.2 Å². The van der Waals surface area contributed by atoms with Crippen molar-refractivity contribution in [3.8, 4) is 0 Å². The van der Waals surface area contributed by atoms with Crippen molar-refractivity contribution in [2.24, 2.45) is 0 Å². The van der Waals surface area contributed by atoms with E-state index in [-0.39, 0.29) is 17.7 Å². The minimum Gasteiger partial charge on any atom is -0.322 e. The Hall–Kier alpha value is -3.15. The van der Waals surface area contributed by atoms with Crippen molar-refractivity contribution in [1.82, 2.24) is 0 Å². The molecule has 2 aromatic rings. The second-order valence-electron chi connectivity index (χ2n) is 7.27. The summed E-state index contributed by atoms with van der Waals surface area (Å²) in [7, 11) is 0. The van der Waals surface area contributed by atoms with Crippen LogP contribution in [0.1, 0.15) is 42.1 Å². The standard InChI is InChI=1S/C22H23N3O3/c1-15(26)24-12-10-16-13-17(8-9-20(16)24)22(28)23-18-5-4-6-19(14-18)25-11-3-2-7-21(25)27/h4-6,8-9,13-14H,2-3,7,10-12H2,1H3,(H,23,28). The minimum absolute atomic E-state index is 0.0139. The van der Waals surface area contributed by atoms with Gasteiger partial charge in [-0.15, -0.1) is 0 Å². The van der Waals surface area contributed by atoms with Gasteiger partial charge >= 0.3 is 0 Å². The summed E-state index contributed by atoms with van der Waals surface area (Å²) in [6, 6.07) is 12.8. The highest BCUT2D eigenvalue weighted by Gasteiger charge is 2.23. The van der Waals surface area contributed by atoms with E-state index in [4.69, 9.17) is 0 Å². The molecule has 0 atom stereocenters. The summed E-state index contributed by atoms with van der Waals surface area (Å²) in [6.07, 6.45) is 3.26. The average molecular weight is 377 g/mol. The van der Waals surface area contributed by atoms with Crippen LogP contribution in [0.5, 0.6) is 0 Å². The molecule has 0 radical (unpaired) electrons. The van der Waals surface area contributed by atoms with E-state index in [0.717, 1.165) is 36.2 Å². The molecule has 2 aromatic carbocycles. The van der Waals surface area contributed by atoms with E-state index in [9.17, 15) is 14.4 Å². The van der Waals surface area contributed by atoms with Crippen molar-refractivity contribution in [3.05, 3.63) is 53.6 Å². The van der Waals surface area contributed by atoms with Crippen LogP contribution < -0.4 is 15.1 Å². The van der Waals surface area contributed by atoms with Crippen molar-refractivity contribution < 1.29 is 14.4 Å². The van der Waals surface area contributed by atoms with E-state index in [1.165, 1.54) is 0 Å². The number of hydrogen-bond acceptors (Lipinski definition) is 3. The van der Waals surface area contributed by atoms with E-state index >= 15 is 0 Å². The van der Waals surface area contributed by atoms with Gasteiger partial charge in [0, 0.05) is 49.1 Å². The SMILES string of the molecule is CC(=O)N1CCc2cc(C(=O)Nc3cccc(N4CCCCC4=O)c3)ccc21. The fraction of sp³-hybridized carbons (Fsp3) is 0.318. The van der Waals surface area contributed by atoms with E-state index < -0.39 is 0 Å². The minimum atomic E-state index is -0.203. The van der Waals surface area contributed by atoms with Gasteiger partial charge in [0.25, 0.3) is 5.91 Å². The van der Waals surface area contributed by atoms with Crippen LogP contribution >= 0.6 is 0 Å². The number of benzene rings is 2. The Labute approximate surface area is 164 Å². The van der Waals surface area contributed by atoms with E-state index in [1.54, 1.807) is 22.8 Å². The van der Waals surface area contributed by atoms with Gasteiger partial charge in [0.2, 0.25) is 11.8 Å². The monoisotopic (exact) mass is 377 g/mol. The number of amides is 3. The summed E-state index contributed by atoms with van der Waals surface area (Å²) in [5.74, 6) is -0.0606. The number of piperidine rings is 1. The fourth-order valence-electron chi connectivity index (χ4n) is 3.90. The first-order chi connectivity index (χ1) is 13.5. The summed E-state index contributed by atoms with van der Waals surface area (Å²) in [4.78, 5) is 40.0. The number of nitrogens with one attached hydrogen (secondary N) is 1. The largest absolute Gasteiger partial charge is 0.322 e. The van der Waals surface area contributed by atoms with Gasteiger partial charge < -0.3 is 15.1 Å². The summed E-state index contributed by atoms with van der Waals surface area (Å²) in [6.45, 7) is 2.92.